The lowest BCUT2D eigenvalue weighted by atomic mass is 9.95. The molecule has 1 amide bonds. The molecule has 1 fully saturated rings. The highest BCUT2D eigenvalue weighted by Crippen LogP contribution is 2.61. The molecule has 1 aliphatic heterocycles. The topological polar surface area (TPSA) is 46.3 Å². The van der Waals surface area contributed by atoms with Crippen molar-refractivity contribution < 1.29 is 4.79 Å². The monoisotopic (exact) mass is 280 g/mol. The van der Waals surface area contributed by atoms with Crippen molar-refractivity contribution in [3.05, 3.63) is 28.2 Å². The molecule has 4 heteroatoms. The molecule has 1 saturated carbocycles. The maximum atomic E-state index is 12.3. The van der Waals surface area contributed by atoms with Crippen LogP contribution in [0.25, 0.3) is 0 Å². The van der Waals surface area contributed by atoms with Gasteiger partial charge < -0.3 is 10.6 Å². The molecule has 2 unspecified atom stereocenters. The molecule has 0 radical (unpaired) electrons. The number of nitrogens with two attached hydrogens (primary N) is 1. The number of fused-ring (bicyclic) bond motifs is 2. The zero-order valence-electron chi connectivity index (χ0n) is 9.03. The van der Waals surface area contributed by atoms with Crippen LogP contribution in [0.4, 0.5) is 5.69 Å². The van der Waals surface area contributed by atoms with Crippen LogP contribution in [0.2, 0.25) is 0 Å². The van der Waals surface area contributed by atoms with Crippen LogP contribution in [0.1, 0.15) is 12.0 Å². The van der Waals surface area contributed by atoms with Crippen LogP contribution in [0.15, 0.2) is 22.7 Å². The largest absolute Gasteiger partial charge is 0.330 e. The predicted octanol–water partition coefficient (Wildman–Crippen LogP) is 1.64. The van der Waals surface area contributed by atoms with Gasteiger partial charge in [-0.2, -0.15) is 0 Å². The molecule has 1 heterocycles. The van der Waals surface area contributed by atoms with E-state index in [0.29, 0.717) is 12.5 Å². The van der Waals surface area contributed by atoms with Gasteiger partial charge in [-0.1, -0.05) is 12.1 Å². The number of nitrogens with zero attached hydrogens (tertiary/aromatic N) is 1. The number of amides is 1. The van der Waals surface area contributed by atoms with Crippen LogP contribution in [-0.2, 0) is 10.2 Å². The number of para-hydroxylation sites is 1. The lowest BCUT2D eigenvalue weighted by molar-refractivity contribution is -0.120. The van der Waals surface area contributed by atoms with Crippen LogP contribution in [0.3, 0.4) is 0 Å². The third-order valence-corrected chi connectivity index (χ3v) is 4.52. The van der Waals surface area contributed by atoms with Gasteiger partial charge in [0.25, 0.3) is 0 Å². The molecule has 16 heavy (non-hydrogen) atoms. The van der Waals surface area contributed by atoms with E-state index >= 15 is 0 Å². The quantitative estimate of drug-likeness (QED) is 0.850. The normalized spacial score (nSPS) is 31.1. The lowest BCUT2D eigenvalue weighted by Gasteiger charge is -2.11. The molecule has 3 nitrogen and oxygen atoms in total. The van der Waals surface area contributed by atoms with E-state index in [1.165, 1.54) is 0 Å². The van der Waals surface area contributed by atoms with E-state index in [0.717, 1.165) is 22.1 Å². The minimum Gasteiger partial charge on any atom is -0.330 e. The van der Waals surface area contributed by atoms with Gasteiger partial charge in [-0.25, -0.2) is 0 Å². The first-order chi connectivity index (χ1) is 7.63. The van der Waals surface area contributed by atoms with Gasteiger partial charge in [-0.05, 0) is 46.4 Å². The number of halogens is 1. The number of hydrogen-bond donors (Lipinski definition) is 1. The molecule has 1 spiro atoms. The van der Waals surface area contributed by atoms with E-state index in [-0.39, 0.29) is 11.3 Å². The molecule has 3 rings (SSSR count). The standard InChI is InChI=1S/C12H13BrN2O/c1-15-10-8(3-2-4-9(10)13)12(11(15)16)5-7(12)6-14/h2-4,7H,5-6,14H2,1H3. The zero-order chi connectivity index (χ0) is 11.5. The SMILES string of the molecule is CN1C(=O)C2(CC2CN)c2cccc(Br)c21. The van der Waals surface area contributed by atoms with Gasteiger partial charge in [0.05, 0.1) is 11.1 Å². The predicted molar refractivity (Wildman–Crippen MR) is 66.4 cm³/mol. The number of rotatable bonds is 1. The summed E-state index contributed by atoms with van der Waals surface area (Å²) in [4.78, 5) is 14.1. The van der Waals surface area contributed by atoms with E-state index in [9.17, 15) is 4.79 Å². The van der Waals surface area contributed by atoms with Gasteiger partial charge in [0.1, 0.15) is 0 Å². The van der Waals surface area contributed by atoms with E-state index < -0.39 is 0 Å². The molecule has 1 aliphatic carbocycles. The van der Waals surface area contributed by atoms with Gasteiger partial charge in [0.2, 0.25) is 5.91 Å². The third kappa shape index (κ3) is 0.992. The first kappa shape index (κ1) is 10.3. The zero-order valence-corrected chi connectivity index (χ0v) is 10.6. The number of anilines is 1. The second kappa shape index (κ2) is 3.08. The average Bonchev–Trinajstić information content (AvgIpc) is 2.97. The van der Waals surface area contributed by atoms with Crippen molar-refractivity contribution >= 4 is 27.5 Å². The minimum absolute atomic E-state index is 0.199. The van der Waals surface area contributed by atoms with Gasteiger partial charge >= 0.3 is 0 Å². The number of likely N-dealkylation sites (N-methyl/N-ethyl adjacent to an activating group) is 1. The van der Waals surface area contributed by atoms with Crippen molar-refractivity contribution in [1.29, 1.82) is 0 Å². The van der Waals surface area contributed by atoms with E-state index in [1.54, 1.807) is 4.90 Å². The summed E-state index contributed by atoms with van der Waals surface area (Å²) in [7, 11) is 1.84. The highest BCUT2D eigenvalue weighted by Gasteiger charge is 2.65. The third-order valence-electron chi connectivity index (χ3n) is 3.88. The molecule has 84 valence electrons. The molecule has 0 saturated heterocycles. The summed E-state index contributed by atoms with van der Waals surface area (Å²) in [6, 6.07) is 6.02. The van der Waals surface area contributed by atoms with Crippen LogP contribution in [0.5, 0.6) is 0 Å². The number of carbonyl (C=O) groups excluding carboxylic acids is 1. The van der Waals surface area contributed by atoms with Crippen LogP contribution in [-0.4, -0.2) is 19.5 Å². The molecule has 2 N–H and O–H groups in total. The summed E-state index contributed by atoms with van der Waals surface area (Å²) in [6.45, 7) is 0.589. The van der Waals surface area contributed by atoms with Gasteiger partial charge in [-0.15, -0.1) is 0 Å². The van der Waals surface area contributed by atoms with Crippen molar-refractivity contribution in [2.75, 3.05) is 18.5 Å². The Morgan fingerprint density at radius 3 is 3.00 bits per heavy atom. The van der Waals surface area contributed by atoms with Crippen molar-refractivity contribution in [1.82, 2.24) is 0 Å². The lowest BCUT2D eigenvalue weighted by Crippen LogP contribution is -2.30. The van der Waals surface area contributed by atoms with Crippen LogP contribution >= 0.6 is 15.9 Å². The maximum Gasteiger partial charge on any atom is 0.237 e. The highest BCUT2D eigenvalue weighted by atomic mass is 79.9. The summed E-state index contributed by atoms with van der Waals surface area (Å²) in [6.07, 6.45) is 0.899. The second-order valence-corrected chi connectivity index (χ2v) is 5.46. The van der Waals surface area contributed by atoms with Crippen molar-refractivity contribution in [2.24, 2.45) is 11.7 Å². The van der Waals surface area contributed by atoms with Crippen molar-refractivity contribution in [3.63, 3.8) is 0 Å². The molecular weight excluding hydrogens is 268 g/mol. The van der Waals surface area contributed by atoms with E-state index in [4.69, 9.17) is 5.73 Å². The Morgan fingerprint density at radius 2 is 2.38 bits per heavy atom. The van der Waals surface area contributed by atoms with Crippen LogP contribution in [0, 0.1) is 5.92 Å². The molecule has 2 atom stereocenters. The Kier molecular flexibility index (Phi) is 1.98. The fourth-order valence-corrected chi connectivity index (χ4v) is 3.57. The number of benzene rings is 1. The Labute approximate surface area is 103 Å². The Balaban J connectivity index is 2.21. The maximum absolute atomic E-state index is 12.3. The molecule has 2 aliphatic rings. The number of carbonyl (C=O) groups is 1. The smallest absolute Gasteiger partial charge is 0.237 e. The molecular formula is C12H13BrN2O. The van der Waals surface area contributed by atoms with E-state index in [1.807, 2.05) is 19.2 Å². The summed E-state index contributed by atoms with van der Waals surface area (Å²) >= 11 is 3.51. The summed E-state index contributed by atoms with van der Waals surface area (Å²) in [5, 5.41) is 0. The molecule has 0 bridgehead atoms. The molecule has 0 aromatic heterocycles. The summed E-state index contributed by atoms with van der Waals surface area (Å²) < 4.78 is 0.986. The van der Waals surface area contributed by atoms with Gasteiger partial charge in [0, 0.05) is 11.5 Å². The molecule has 1 aromatic rings. The fraction of sp³-hybridized carbons (Fsp3) is 0.417. The van der Waals surface area contributed by atoms with Crippen LogP contribution < -0.4 is 10.6 Å². The first-order valence-electron chi connectivity index (χ1n) is 5.40. The fourth-order valence-electron chi connectivity index (χ4n) is 2.94. The van der Waals surface area contributed by atoms with Gasteiger partial charge in [0.15, 0.2) is 0 Å². The minimum atomic E-state index is -0.303. The van der Waals surface area contributed by atoms with Gasteiger partial charge in [-0.3, -0.25) is 4.79 Å². The van der Waals surface area contributed by atoms with Crippen molar-refractivity contribution in [3.8, 4) is 0 Å². The van der Waals surface area contributed by atoms with Crippen molar-refractivity contribution in [2.45, 2.75) is 11.8 Å². The Bertz CT molecular complexity index is 488. The second-order valence-electron chi connectivity index (χ2n) is 4.61. The summed E-state index contributed by atoms with van der Waals surface area (Å²) in [5.41, 5.74) is 7.57. The average molecular weight is 281 g/mol. The first-order valence-corrected chi connectivity index (χ1v) is 6.19. The van der Waals surface area contributed by atoms with E-state index in [2.05, 4.69) is 22.0 Å². The summed E-state index contributed by atoms with van der Waals surface area (Å²) in [5.74, 6) is 0.517. The molecule has 1 aromatic carbocycles. The Hall–Kier alpha value is -0.870. The number of hydrogen-bond acceptors (Lipinski definition) is 2. The Morgan fingerprint density at radius 1 is 1.62 bits per heavy atom. The highest BCUT2D eigenvalue weighted by molar-refractivity contribution is 9.10.